The van der Waals surface area contributed by atoms with Gasteiger partial charge in [-0.15, -0.1) is 0 Å². The van der Waals surface area contributed by atoms with Crippen molar-refractivity contribution in [3.05, 3.63) is 34.9 Å². The number of benzene rings is 1. The Kier molecular flexibility index (Phi) is 15.2. The number of aliphatic hydroxyl groups is 1. The van der Waals surface area contributed by atoms with Gasteiger partial charge in [0.05, 0.1) is 11.1 Å². The molecule has 3 N–H and O–H groups in total. The fraction of sp³-hybridized carbons (Fsp3) is 0.636. The van der Waals surface area contributed by atoms with E-state index in [1.807, 2.05) is 0 Å². The molecule has 0 atom stereocenters. The number of carbonyl (C=O) groups is 2. The third kappa shape index (κ3) is 12.2. The van der Waals surface area contributed by atoms with Gasteiger partial charge in [-0.25, -0.2) is 9.59 Å². The summed E-state index contributed by atoms with van der Waals surface area (Å²) in [6.45, 7) is 4.12. The van der Waals surface area contributed by atoms with E-state index in [1.165, 1.54) is 89.3 Å². The highest BCUT2D eigenvalue weighted by atomic mass is 16.4. The van der Waals surface area contributed by atoms with Crippen LogP contribution in [-0.4, -0.2) is 33.9 Å². The van der Waals surface area contributed by atoms with Gasteiger partial charge < -0.3 is 15.3 Å². The standard InChI is InChI=1S/C13H28O.C9H8O4/c1-2-3-4-5-6-7-8-9-10-11-12-13-14;1-5-6(8(10)11)3-2-4-7(5)9(12)13/h14H,2-13H2,1H3;2-4H,1H3,(H,10,11)(H,12,13). The summed E-state index contributed by atoms with van der Waals surface area (Å²) in [7, 11) is 0. The normalized spacial score (nSPS) is 10.2. The Balaban J connectivity index is 0.000000501. The van der Waals surface area contributed by atoms with E-state index in [0.717, 1.165) is 6.42 Å². The van der Waals surface area contributed by atoms with Crippen LogP contribution in [0.5, 0.6) is 0 Å². The van der Waals surface area contributed by atoms with Gasteiger partial charge in [0.2, 0.25) is 0 Å². The second-order valence-electron chi connectivity index (χ2n) is 6.85. The van der Waals surface area contributed by atoms with Crippen LogP contribution in [-0.2, 0) is 0 Å². The lowest BCUT2D eigenvalue weighted by molar-refractivity contribution is 0.0696. The first kappa shape index (κ1) is 25.1. The molecule has 5 heteroatoms. The van der Waals surface area contributed by atoms with Gasteiger partial charge in [0.1, 0.15) is 0 Å². The van der Waals surface area contributed by atoms with Crippen molar-refractivity contribution in [2.45, 2.75) is 84.5 Å². The van der Waals surface area contributed by atoms with E-state index in [1.54, 1.807) is 0 Å². The maximum atomic E-state index is 10.6. The van der Waals surface area contributed by atoms with E-state index in [2.05, 4.69) is 6.92 Å². The summed E-state index contributed by atoms with van der Waals surface area (Å²) < 4.78 is 0. The van der Waals surface area contributed by atoms with Crippen molar-refractivity contribution in [2.75, 3.05) is 6.61 Å². The largest absolute Gasteiger partial charge is 0.478 e. The van der Waals surface area contributed by atoms with Gasteiger partial charge in [0.15, 0.2) is 0 Å². The van der Waals surface area contributed by atoms with Gasteiger partial charge in [-0.2, -0.15) is 0 Å². The molecule has 0 unspecified atom stereocenters. The minimum atomic E-state index is -1.11. The summed E-state index contributed by atoms with van der Waals surface area (Å²) in [6, 6.07) is 4.17. The van der Waals surface area contributed by atoms with Crippen LogP contribution in [0.2, 0.25) is 0 Å². The monoisotopic (exact) mass is 380 g/mol. The summed E-state index contributed by atoms with van der Waals surface area (Å²) in [4.78, 5) is 21.2. The van der Waals surface area contributed by atoms with Gasteiger partial charge in [-0.1, -0.05) is 77.2 Å². The lowest BCUT2D eigenvalue weighted by Gasteiger charge is -2.03. The molecular formula is C22H36O5. The van der Waals surface area contributed by atoms with E-state index in [0.29, 0.717) is 6.61 Å². The molecule has 0 aromatic heterocycles. The molecule has 154 valence electrons. The van der Waals surface area contributed by atoms with Crippen molar-refractivity contribution in [1.82, 2.24) is 0 Å². The summed E-state index contributed by atoms with van der Waals surface area (Å²) in [5.74, 6) is -2.22. The Morgan fingerprint density at radius 2 is 1.11 bits per heavy atom. The molecule has 27 heavy (non-hydrogen) atoms. The number of hydrogen-bond acceptors (Lipinski definition) is 3. The highest BCUT2D eigenvalue weighted by Crippen LogP contribution is 2.13. The highest BCUT2D eigenvalue weighted by Gasteiger charge is 2.13. The van der Waals surface area contributed by atoms with Crippen molar-refractivity contribution in [3.8, 4) is 0 Å². The second kappa shape index (κ2) is 16.3. The maximum absolute atomic E-state index is 10.6. The van der Waals surface area contributed by atoms with E-state index < -0.39 is 11.9 Å². The van der Waals surface area contributed by atoms with Crippen LogP contribution in [0.3, 0.4) is 0 Å². The molecule has 0 aliphatic rings. The molecular weight excluding hydrogens is 344 g/mol. The summed E-state index contributed by atoms with van der Waals surface area (Å²) in [6.07, 6.45) is 14.8. The number of carboxylic acids is 2. The van der Waals surface area contributed by atoms with Crippen LogP contribution >= 0.6 is 0 Å². The molecule has 5 nitrogen and oxygen atoms in total. The van der Waals surface area contributed by atoms with Crippen LogP contribution in [0.4, 0.5) is 0 Å². The van der Waals surface area contributed by atoms with E-state index in [4.69, 9.17) is 15.3 Å². The van der Waals surface area contributed by atoms with Gasteiger partial charge in [-0.05, 0) is 31.0 Å². The molecule has 0 bridgehead atoms. The molecule has 0 heterocycles. The van der Waals surface area contributed by atoms with Crippen molar-refractivity contribution in [1.29, 1.82) is 0 Å². The summed E-state index contributed by atoms with van der Waals surface area (Å²) in [5, 5.41) is 25.9. The summed E-state index contributed by atoms with van der Waals surface area (Å²) in [5.41, 5.74) is 0.335. The first-order valence-corrected chi connectivity index (χ1v) is 10.1. The third-order valence-corrected chi connectivity index (χ3v) is 4.56. The first-order chi connectivity index (χ1) is 13.0. The molecule has 0 amide bonds. The Labute approximate surface area is 163 Å². The fourth-order valence-electron chi connectivity index (χ4n) is 2.88. The Hall–Kier alpha value is -1.88. The Morgan fingerprint density at radius 3 is 1.44 bits per heavy atom. The lowest BCUT2D eigenvalue weighted by Crippen LogP contribution is -2.06. The number of aromatic carboxylic acids is 2. The average molecular weight is 381 g/mol. The van der Waals surface area contributed by atoms with Crippen LogP contribution in [0, 0.1) is 6.92 Å². The van der Waals surface area contributed by atoms with Crippen molar-refractivity contribution in [3.63, 3.8) is 0 Å². The topological polar surface area (TPSA) is 94.8 Å². The predicted molar refractivity (Wildman–Crippen MR) is 109 cm³/mol. The minimum absolute atomic E-state index is 0.0277. The zero-order chi connectivity index (χ0) is 20.5. The molecule has 0 aliphatic carbocycles. The number of unbranched alkanes of at least 4 members (excludes halogenated alkanes) is 10. The van der Waals surface area contributed by atoms with Crippen LogP contribution < -0.4 is 0 Å². The molecule has 0 saturated heterocycles. The zero-order valence-electron chi connectivity index (χ0n) is 16.9. The van der Waals surface area contributed by atoms with Gasteiger partial charge in [0.25, 0.3) is 0 Å². The number of carboxylic acid groups (broad SMARTS) is 2. The predicted octanol–water partition coefficient (Wildman–Crippen LogP) is 5.68. The molecule has 1 aromatic carbocycles. The van der Waals surface area contributed by atoms with E-state index >= 15 is 0 Å². The van der Waals surface area contributed by atoms with E-state index in [9.17, 15) is 9.59 Å². The quantitative estimate of drug-likeness (QED) is 0.383. The van der Waals surface area contributed by atoms with Gasteiger partial charge >= 0.3 is 11.9 Å². The Morgan fingerprint density at radius 1 is 0.741 bits per heavy atom. The third-order valence-electron chi connectivity index (χ3n) is 4.56. The molecule has 0 spiro atoms. The molecule has 0 fully saturated rings. The SMILES string of the molecule is CCCCCCCCCCCCCO.Cc1c(C(=O)O)cccc1C(=O)O. The minimum Gasteiger partial charge on any atom is -0.478 e. The molecule has 1 aromatic rings. The number of aliphatic hydroxyl groups excluding tert-OH is 1. The molecule has 0 saturated carbocycles. The average Bonchev–Trinajstić information content (AvgIpc) is 2.63. The number of hydrogen-bond donors (Lipinski definition) is 3. The second-order valence-corrected chi connectivity index (χ2v) is 6.85. The van der Waals surface area contributed by atoms with Crippen LogP contribution in [0.25, 0.3) is 0 Å². The van der Waals surface area contributed by atoms with Crippen molar-refractivity contribution in [2.24, 2.45) is 0 Å². The maximum Gasteiger partial charge on any atom is 0.335 e. The smallest absolute Gasteiger partial charge is 0.335 e. The van der Waals surface area contributed by atoms with Gasteiger partial charge in [-0.3, -0.25) is 0 Å². The Bertz CT molecular complexity index is 495. The first-order valence-electron chi connectivity index (χ1n) is 10.1. The fourth-order valence-corrected chi connectivity index (χ4v) is 2.88. The van der Waals surface area contributed by atoms with Crippen LogP contribution in [0.15, 0.2) is 18.2 Å². The summed E-state index contributed by atoms with van der Waals surface area (Å²) >= 11 is 0. The molecule has 1 rings (SSSR count). The van der Waals surface area contributed by atoms with Gasteiger partial charge in [0, 0.05) is 6.61 Å². The van der Waals surface area contributed by atoms with Crippen LogP contribution in [0.1, 0.15) is 104 Å². The number of rotatable bonds is 13. The molecule has 0 aliphatic heterocycles. The van der Waals surface area contributed by atoms with Crippen molar-refractivity contribution < 1.29 is 24.9 Å². The highest BCUT2D eigenvalue weighted by molar-refractivity contribution is 5.96. The molecule has 0 radical (unpaired) electrons. The zero-order valence-corrected chi connectivity index (χ0v) is 16.9. The lowest BCUT2D eigenvalue weighted by atomic mass is 10.0. The van der Waals surface area contributed by atoms with Crippen molar-refractivity contribution >= 4 is 11.9 Å². The van der Waals surface area contributed by atoms with E-state index in [-0.39, 0.29) is 16.7 Å².